The normalized spacial score (nSPS) is 20.1. The van der Waals surface area contributed by atoms with Crippen LogP contribution in [0.4, 0.5) is 0 Å². The lowest BCUT2D eigenvalue weighted by atomic mass is 9.96. The number of hydrogen-bond acceptors (Lipinski definition) is 3. The van der Waals surface area contributed by atoms with Crippen LogP contribution < -0.4 is 5.32 Å². The van der Waals surface area contributed by atoms with Gasteiger partial charge in [-0.2, -0.15) is 0 Å². The molecule has 2 aliphatic rings. The minimum atomic E-state index is 0.155. The van der Waals surface area contributed by atoms with Crippen LogP contribution in [-0.2, 0) is 9.53 Å². The Hall–Kier alpha value is -1.30. The van der Waals surface area contributed by atoms with E-state index in [1.165, 1.54) is 6.42 Å². The first-order chi connectivity index (χ1) is 11.7. The van der Waals surface area contributed by atoms with Crippen LogP contribution in [0.2, 0.25) is 0 Å². The summed E-state index contributed by atoms with van der Waals surface area (Å²) in [4.78, 5) is 21.0. The molecule has 0 unspecified atom stereocenters. The lowest BCUT2D eigenvalue weighted by Gasteiger charge is -2.28. The Balaban J connectivity index is 1.80. The lowest BCUT2D eigenvalue weighted by molar-refractivity contribution is -0.130. The van der Waals surface area contributed by atoms with Gasteiger partial charge in [0.05, 0.1) is 0 Å². The number of amides is 1. The van der Waals surface area contributed by atoms with Gasteiger partial charge in [0, 0.05) is 46.4 Å². The highest BCUT2D eigenvalue weighted by Gasteiger charge is 2.18. The van der Waals surface area contributed by atoms with E-state index in [2.05, 4.69) is 29.2 Å². The highest BCUT2D eigenvalue weighted by atomic mass is 16.5. The van der Waals surface area contributed by atoms with Gasteiger partial charge in [-0.05, 0) is 51.4 Å². The van der Waals surface area contributed by atoms with Gasteiger partial charge in [-0.15, -0.1) is 0 Å². The van der Waals surface area contributed by atoms with E-state index in [9.17, 15) is 4.79 Å². The Morgan fingerprint density at radius 3 is 2.62 bits per heavy atom. The molecule has 0 aromatic rings. The van der Waals surface area contributed by atoms with Gasteiger partial charge in [-0.25, -0.2) is 4.99 Å². The molecule has 138 valence electrons. The second-order valence-electron chi connectivity index (χ2n) is 6.88. The molecule has 1 amide bonds. The van der Waals surface area contributed by atoms with E-state index in [4.69, 9.17) is 4.74 Å². The van der Waals surface area contributed by atoms with Crippen LogP contribution in [-0.4, -0.2) is 74.7 Å². The average molecular weight is 338 g/mol. The van der Waals surface area contributed by atoms with E-state index >= 15 is 0 Å². The molecular formula is C18H34N4O2. The minimum absolute atomic E-state index is 0.155. The maximum Gasteiger partial charge on any atom is 0.244 e. The van der Waals surface area contributed by atoms with Crippen LogP contribution in [0.5, 0.6) is 0 Å². The summed E-state index contributed by atoms with van der Waals surface area (Å²) in [6, 6.07) is 0. The van der Waals surface area contributed by atoms with Crippen molar-refractivity contribution in [3.8, 4) is 0 Å². The van der Waals surface area contributed by atoms with Crippen LogP contribution in [0.25, 0.3) is 0 Å². The standard InChI is InChI=1S/C18H34N4O2/c1-3-19-18(20-15-17(23)22-10-5-4-6-11-22)21(2)12-7-16-8-13-24-14-9-16/h16H,3-15H2,1-2H3,(H,19,20). The van der Waals surface area contributed by atoms with Crippen molar-refractivity contribution in [2.24, 2.45) is 10.9 Å². The maximum absolute atomic E-state index is 12.3. The molecule has 24 heavy (non-hydrogen) atoms. The number of hydrogen-bond donors (Lipinski definition) is 1. The zero-order valence-electron chi connectivity index (χ0n) is 15.4. The van der Waals surface area contributed by atoms with Crippen molar-refractivity contribution in [3.63, 3.8) is 0 Å². The average Bonchev–Trinajstić information content (AvgIpc) is 2.64. The molecule has 0 aromatic heterocycles. The molecule has 0 aromatic carbocycles. The third kappa shape index (κ3) is 6.30. The molecule has 2 fully saturated rings. The zero-order chi connectivity index (χ0) is 17.2. The van der Waals surface area contributed by atoms with Crippen molar-refractivity contribution in [1.29, 1.82) is 0 Å². The largest absolute Gasteiger partial charge is 0.381 e. The van der Waals surface area contributed by atoms with E-state index in [0.29, 0.717) is 0 Å². The maximum atomic E-state index is 12.3. The topological polar surface area (TPSA) is 57.2 Å². The predicted molar refractivity (Wildman–Crippen MR) is 97.2 cm³/mol. The number of guanidine groups is 1. The zero-order valence-corrected chi connectivity index (χ0v) is 15.4. The fourth-order valence-electron chi connectivity index (χ4n) is 3.37. The first-order valence-electron chi connectivity index (χ1n) is 9.55. The molecule has 2 rings (SSSR count). The van der Waals surface area contributed by atoms with Crippen molar-refractivity contribution >= 4 is 11.9 Å². The van der Waals surface area contributed by atoms with Crippen LogP contribution >= 0.6 is 0 Å². The number of likely N-dealkylation sites (tertiary alicyclic amines) is 1. The highest BCUT2D eigenvalue weighted by molar-refractivity contribution is 5.84. The molecule has 0 radical (unpaired) electrons. The van der Waals surface area contributed by atoms with Crippen molar-refractivity contribution in [1.82, 2.24) is 15.1 Å². The Labute approximate surface area is 146 Å². The molecule has 6 heteroatoms. The van der Waals surface area contributed by atoms with Crippen molar-refractivity contribution in [2.45, 2.75) is 45.4 Å². The van der Waals surface area contributed by atoms with Gasteiger partial charge in [0.1, 0.15) is 6.54 Å². The number of nitrogens with zero attached hydrogens (tertiary/aromatic N) is 3. The SMILES string of the molecule is CCNC(=NCC(=O)N1CCCCC1)N(C)CCC1CCOCC1. The summed E-state index contributed by atoms with van der Waals surface area (Å²) in [7, 11) is 2.06. The second kappa shape index (κ2) is 10.5. The number of carbonyl (C=O) groups is 1. The van der Waals surface area contributed by atoms with Crippen LogP contribution in [0.3, 0.4) is 0 Å². The Kier molecular flexibility index (Phi) is 8.36. The number of carbonyl (C=O) groups excluding carboxylic acids is 1. The van der Waals surface area contributed by atoms with E-state index < -0.39 is 0 Å². The van der Waals surface area contributed by atoms with Gasteiger partial charge >= 0.3 is 0 Å². The molecular weight excluding hydrogens is 304 g/mol. The smallest absolute Gasteiger partial charge is 0.244 e. The number of ether oxygens (including phenoxy) is 1. The van der Waals surface area contributed by atoms with Crippen LogP contribution in [0.1, 0.15) is 45.4 Å². The summed E-state index contributed by atoms with van der Waals surface area (Å²) < 4.78 is 5.42. The van der Waals surface area contributed by atoms with Crippen molar-refractivity contribution < 1.29 is 9.53 Å². The third-order valence-electron chi connectivity index (χ3n) is 4.98. The number of nitrogens with one attached hydrogen (secondary N) is 1. The summed E-state index contributed by atoms with van der Waals surface area (Å²) in [5, 5.41) is 3.31. The molecule has 0 atom stereocenters. The van der Waals surface area contributed by atoms with Gasteiger partial charge < -0.3 is 19.9 Å². The summed E-state index contributed by atoms with van der Waals surface area (Å²) in [6.45, 7) is 7.68. The summed E-state index contributed by atoms with van der Waals surface area (Å²) in [5.41, 5.74) is 0. The minimum Gasteiger partial charge on any atom is -0.381 e. The van der Waals surface area contributed by atoms with E-state index in [-0.39, 0.29) is 12.5 Å². The molecule has 2 aliphatic heterocycles. The molecule has 2 heterocycles. The molecule has 0 bridgehead atoms. The van der Waals surface area contributed by atoms with Gasteiger partial charge in [-0.1, -0.05) is 0 Å². The molecule has 0 aliphatic carbocycles. The fourth-order valence-corrected chi connectivity index (χ4v) is 3.37. The highest BCUT2D eigenvalue weighted by Crippen LogP contribution is 2.18. The quantitative estimate of drug-likeness (QED) is 0.592. The van der Waals surface area contributed by atoms with Crippen molar-refractivity contribution in [3.05, 3.63) is 0 Å². The first kappa shape index (κ1) is 19.0. The molecule has 2 saturated heterocycles. The Morgan fingerprint density at radius 2 is 1.96 bits per heavy atom. The number of aliphatic imine (C=N–C) groups is 1. The first-order valence-corrected chi connectivity index (χ1v) is 9.55. The third-order valence-corrected chi connectivity index (χ3v) is 4.98. The van der Waals surface area contributed by atoms with Gasteiger partial charge in [-0.3, -0.25) is 4.79 Å². The predicted octanol–water partition coefficient (Wildman–Crippen LogP) is 1.71. The van der Waals surface area contributed by atoms with E-state index in [1.807, 2.05) is 4.90 Å². The van der Waals surface area contributed by atoms with Gasteiger partial charge in [0.15, 0.2) is 5.96 Å². The fraction of sp³-hybridized carbons (Fsp3) is 0.889. The Bertz CT molecular complexity index is 402. The van der Waals surface area contributed by atoms with Crippen LogP contribution in [0.15, 0.2) is 4.99 Å². The lowest BCUT2D eigenvalue weighted by Crippen LogP contribution is -2.42. The number of piperidine rings is 1. The van der Waals surface area contributed by atoms with Crippen LogP contribution in [0, 0.1) is 5.92 Å². The van der Waals surface area contributed by atoms with Crippen molar-refractivity contribution in [2.75, 3.05) is 53.0 Å². The van der Waals surface area contributed by atoms with Gasteiger partial charge in [0.25, 0.3) is 0 Å². The van der Waals surface area contributed by atoms with Gasteiger partial charge in [0.2, 0.25) is 5.91 Å². The molecule has 0 spiro atoms. The van der Waals surface area contributed by atoms with E-state index in [1.54, 1.807) is 0 Å². The summed E-state index contributed by atoms with van der Waals surface area (Å²) in [6.07, 6.45) is 6.97. The Morgan fingerprint density at radius 1 is 1.25 bits per heavy atom. The molecule has 1 N–H and O–H groups in total. The summed E-state index contributed by atoms with van der Waals surface area (Å²) in [5.74, 6) is 1.75. The van der Waals surface area contributed by atoms with E-state index in [0.717, 1.165) is 83.4 Å². The monoisotopic (exact) mass is 338 g/mol. The molecule has 0 saturated carbocycles. The number of rotatable bonds is 6. The molecule has 6 nitrogen and oxygen atoms in total. The second-order valence-corrected chi connectivity index (χ2v) is 6.88. The summed E-state index contributed by atoms with van der Waals surface area (Å²) >= 11 is 0.